The minimum absolute atomic E-state index is 0.0964. The van der Waals surface area contributed by atoms with Crippen molar-refractivity contribution in [3.63, 3.8) is 0 Å². The number of amides is 2. The molecule has 172 valence electrons. The summed E-state index contributed by atoms with van der Waals surface area (Å²) < 4.78 is 1.93. The van der Waals surface area contributed by atoms with Crippen LogP contribution in [0.5, 0.6) is 0 Å². The van der Waals surface area contributed by atoms with E-state index in [2.05, 4.69) is 15.4 Å². The smallest absolute Gasteiger partial charge is 0.261 e. The van der Waals surface area contributed by atoms with E-state index in [0.29, 0.717) is 23.3 Å². The fourth-order valence-corrected chi connectivity index (χ4v) is 5.53. The van der Waals surface area contributed by atoms with Crippen molar-refractivity contribution in [2.75, 3.05) is 4.90 Å². The molecule has 1 aromatic carbocycles. The zero-order chi connectivity index (χ0) is 23.6. The molecule has 2 aromatic rings. The molecular weight excluding hydrogens is 430 g/mol. The summed E-state index contributed by atoms with van der Waals surface area (Å²) in [5.74, 6) is -0.812. The van der Waals surface area contributed by atoms with E-state index < -0.39 is 11.8 Å². The van der Waals surface area contributed by atoms with Gasteiger partial charge in [0.05, 0.1) is 34.8 Å². The number of fused-ring (bicyclic) bond motifs is 1. The number of para-hydroxylation sites is 1. The summed E-state index contributed by atoms with van der Waals surface area (Å²) in [5.41, 5.74) is 5.39. The van der Waals surface area contributed by atoms with Crippen LogP contribution in [0.1, 0.15) is 49.1 Å². The number of aryl methyl sites for hydroxylation is 1. The Morgan fingerprint density at radius 3 is 2.76 bits per heavy atom. The van der Waals surface area contributed by atoms with Gasteiger partial charge in [0, 0.05) is 48.1 Å². The van der Waals surface area contributed by atoms with E-state index in [1.807, 2.05) is 47.8 Å². The third-order valence-corrected chi connectivity index (χ3v) is 7.13. The maximum absolute atomic E-state index is 13.1. The van der Waals surface area contributed by atoms with Gasteiger partial charge in [-0.05, 0) is 24.8 Å². The molecule has 0 saturated carbocycles. The molecule has 1 N–H and O–H groups in total. The molecule has 34 heavy (non-hydrogen) atoms. The molecule has 0 saturated heterocycles. The standard InChI is InChI=1S/C26H25N5O3/c1-14(2)24(32)19-12-15-6-5-7-16-22(27-9-11-30(19)23(15)16)21-20(25(33)29-26(21)34)17-13-28-31-10-4-3-8-18(17)31/h5-7,9,11,13-14,19H,3-4,8,10,12H2,1-2H3,(H,29,33,34). The molecule has 8 heteroatoms. The highest BCUT2D eigenvalue weighted by atomic mass is 16.2. The number of nitrogens with zero attached hydrogens (tertiary/aromatic N) is 4. The topological polar surface area (TPSA) is 96.7 Å². The van der Waals surface area contributed by atoms with Crippen molar-refractivity contribution < 1.29 is 14.4 Å². The van der Waals surface area contributed by atoms with Gasteiger partial charge in [-0.1, -0.05) is 32.0 Å². The lowest BCUT2D eigenvalue weighted by Gasteiger charge is -2.24. The Balaban J connectivity index is 1.53. The highest BCUT2D eigenvalue weighted by Crippen LogP contribution is 2.41. The lowest BCUT2D eigenvalue weighted by atomic mass is 9.92. The second-order valence-corrected chi connectivity index (χ2v) is 9.49. The van der Waals surface area contributed by atoms with Crippen LogP contribution in [-0.4, -0.2) is 39.1 Å². The van der Waals surface area contributed by atoms with Gasteiger partial charge in [-0.25, -0.2) is 0 Å². The predicted octanol–water partition coefficient (Wildman–Crippen LogP) is 2.56. The predicted molar refractivity (Wildman–Crippen MR) is 127 cm³/mol. The molecule has 0 radical (unpaired) electrons. The number of carbonyl (C=O) groups excluding carboxylic acids is 3. The molecule has 0 bridgehead atoms. The van der Waals surface area contributed by atoms with Crippen molar-refractivity contribution >= 4 is 34.6 Å². The first kappa shape index (κ1) is 20.8. The summed E-state index contributed by atoms with van der Waals surface area (Å²) in [6.07, 6.45) is 8.61. The highest BCUT2D eigenvalue weighted by molar-refractivity contribution is 6.48. The molecule has 8 nitrogen and oxygen atoms in total. The molecule has 4 aliphatic rings. The quantitative estimate of drug-likeness (QED) is 0.715. The normalized spacial score (nSPS) is 21.0. The third kappa shape index (κ3) is 2.94. The van der Waals surface area contributed by atoms with Gasteiger partial charge >= 0.3 is 0 Å². The second kappa shape index (κ2) is 7.62. The summed E-state index contributed by atoms with van der Waals surface area (Å²) in [6, 6.07) is 5.54. The van der Waals surface area contributed by atoms with Gasteiger partial charge in [-0.15, -0.1) is 0 Å². The Hall–Kier alpha value is -3.81. The molecule has 1 atom stereocenters. The van der Waals surface area contributed by atoms with Crippen LogP contribution < -0.4 is 10.2 Å². The van der Waals surface area contributed by atoms with Crippen LogP contribution in [0.2, 0.25) is 0 Å². The van der Waals surface area contributed by atoms with E-state index in [9.17, 15) is 14.4 Å². The van der Waals surface area contributed by atoms with Gasteiger partial charge in [-0.2, -0.15) is 5.10 Å². The molecule has 0 aliphatic carbocycles. The average molecular weight is 456 g/mol. The largest absolute Gasteiger partial charge is 0.335 e. The molecule has 1 unspecified atom stereocenters. The zero-order valence-electron chi connectivity index (χ0n) is 19.2. The zero-order valence-corrected chi connectivity index (χ0v) is 19.2. The fourth-order valence-electron chi connectivity index (χ4n) is 5.53. The van der Waals surface area contributed by atoms with Gasteiger partial charge in [0.1, 0.15) is 0 Å². The van der Waals surface area contributed by atoms with Crippen LogP contribution in [0.4, 0.5) is 5.69 Å². The fraction of sp³-hybridized carbons (Fsp3) is 0.346. The molecule has 2 amide bonds. The van der Waals surface area contributed by atoms with E-state index in [4.69, 9.17) is 0 Å². The van der Waals surface area contributed by atoms with Crippen LogP contribution in [0.3, 0.4) is 0 Å². The number of Topliss-reactive ketones (excluding diaryl/α,β-unsaturated/α-hetero) is 1. The van der Waals surface area contributed by atoms with E-state index in [-0.39, 0.29) is 23.3 Å². The molecule has 1 aromatic heterocycles. The Bertz CT molecular complexity index is 1360. The third-order valence-electron chi connectivity index (χ3n) is 7.13. The van der Waals surface area contributed by atoms with E-state index in [1.165, 1.54) is 0 Å². The van der Waals surface area contributed by atoms with E-state index in [0.717, 1.165) is 48.3 Å². The van der Waals surface area contributed by atoms with Gasteiger partial charge < -0.3 is 4.90 Å². The Labute approximate surface area is 197 Å². The van der Waals surface area contributed by atoms with Crippen molar-refractivity contribution in [3.8, 4) is 0 Å². The lowest BCUT2D eigenvalue weighted by Crippen LogP contribution is -2.37. The Morgan fingerprint density at radius 1 is 1.12 bits per heavy atom. The molecule has 0 fully saturated rings. The van der Waals surface area contributed by atoms with Crippen LogP contribution >= 0.6 is 0 Å². The van der Waals surface area contributed by atoms with Crippen molar-refractivity contribution in [3.05, 3.63) is 64.8 Å². The number of anilines is 1. The highest BCUT2D eigenvalue weighted by Gasteiger charge is 2.41. The van der Waals surface area contributed by atoms with Gasteiger partial charge in [-0.3, -0.25) is 29.4 Å². The maximum Gasteiger partial charge on any atom is 0.261 e. The Morgan fingerprint density at radius 2 is 1.94 bits per heavy atom. The summed E-state index contributed by atoms with van der Waals surface area (Å²) >= 11 is 0. The van der Waals surface area contributed by atoms with Gasteiger partial charge in [0.2, 0.25) is 0 Å². The summed E-state index contributed by atoms with van der Waals surface area (Å²) in [4.78, 5) is 45.8. The molecule has 4 aliphatic heterocycles. The number of hydrogen-bond donors (Lipinski definition) is 1. The summed E-state index contributed by atoms with van der Waals surface area (Å²) in [7, 11) is 0. The summed E-state index contributed by atoms with van der Waals surface area (Å²) in [6.45, 7) is 4.63. The van der Waals surface area contributed by atoms with E-state index in [1.54, 1.807) is 12.4 Å². The molecular formula is C26H25N5O3. The van der Waals surface area contributed by atoms with Crippen LogP contribution in [0.15, 0.2) is 47.4 Å². The number of nitrogens with one attached hydrogen (secondary N) is 1. The van der Waals surface area contributed by atoms with Crippen LogP contribution in [-0.2, 0) is 33.8 Å². The summed E-state index contributed by atoms with van der Waals surface area (Å²) in [5, 5.41) is 6.96. The first-order chi connectivity index (χ1) is 16.5. The van der Waals surface area contributed by atoms with Crippen molar-refractivity contribution in [1.82, 2.24) is 15.1 Å². The molecule has 6 rings (SSSR count). The number of imide groups is 1. The first-order valence-corrected chi connectivity index (χ1v) is 11.8. The monoisotopic (exact) mass is 455 g/mol. The minimum atomic E-state index is -0.457. The first-order valence-electron chi connectivity index (χ1n) is 11.8. The number of rotatable bonds is 4. The number of benzene rings is 1. The average Bonchev–Trinajstić information content (AvgIpc) is 3.45. The van der Waals surface area contributed by atoms with Gasteiger partial charge in [0.25, 0.3) is 11.8 Å². The Kier molecular flexibility index (Phi) is 4.65. The van der Waals surface area contributed by atoms with Crippen LogP contribution in [0.25, 0.3) is 5.57 Å². The number of hydrogen-bond acceptors (Lipinski definition) is 6. The van der Waals surface area contributed by atoms with Crippen molar-refractivity contribution in [1.29, 1.82) is 0 Å². The van der Waals surface area contributed by atoms with Crippen LogP contribution in [0, 0.1) is 5.92 Å². The van der Waals surface area contributed by atoms with Crippen molar-refractivity contribution in [2.45, 2.75) is 52.1 Å². The SMILES string of the molecule is CC(C)C(=O)C1Cc2cccc3c2N1C=CN=C3C1=C(c2cnn3c2CCCC3)C(=O)NC1=O. The second-order valence-electron chi connectivity index (χ2n) is 9.49. The molecule has 0 spiro atoms. The number of aromatic nitrogens is 2. The van der Waals surface area contributed by atoms with Gasteiger partial charge in [0.15, 0.2) is 5.78 Å². The minimum Gasteiger partial charge on any atom is -0.335 e. The molecule has 5 heterocycles. The number of carbonyl (C=O) groups is 3. The number of ketones is 1. The number of aliphatic imine (C=N–C) groups is 1. The maximum atomic E-state index is 13.1. The van der Waals surface area contributed by atoms with E-state index >= 15 is 0 Å². The van der Waals surface area contributed by atoms with Crippen molar-refractivity contribution in [2.24, 2.45) is 10.9 Å². The lowest BCUT2D eigenvalue weighted by molar-refractivity contribution is -0.124.